The maximum Gasteiger partial charge on any atom is 0.260 e. The molecule has 1 aromatic carbocycles. The van der Waals surface area contributed by atoms with Gasteiger partial charge in [0.1, 0.15) is 5.75 Å². The molecule has 1 aromatic heterocycles. The van der Waals surface area contributed by atoms with E-state index in [2.05, 4.69) is 15.3 Å². The SMILES string of the molecule is CC(Oc1ccccc1Cl)C(=O)NCCc1cnc[nH]1. The number of aromatic amines is 1. The number of nitrogens with zero attached hydrogens (tertiary/aromatic N) is 1. The van der Waals surface area contributed by atoms with Gasteiger partial charge in [0.15, 0.2) is 6.10 Å². The van der Waals surface area contributed by atoms with Gasteiger partial charge >= 0.3 is 0 Å². The molecule has 0 aliphatic carbocycles. The van der Waals surface area contributed by atoms with Gasteiger partial charge in [-0.25, -0.2) is 4.98 Å². The Bertz CT molecular complexity index is 557. The monoisotopic (exact) mass is 293 g/mol. The Hall–Kier alpha value is -2.01. The predicted octanol–water partition coefficient (Wildman–Crippen LogP) is 2.19. The number of benzene rings is 1. The zero-order valence-electron chi connectivity index (χ0n) is 11.1. The van der Waals surface area contributed by atoms with Crippen molar-refractivity contribution in [2.45, 2.75) is 19.4 Å². The van der Waals surface area contributed by atoms with Crippen LogP contribution in [-0.4, -0.2) is 28.5 Å². The number of halogens is 1. The number of rotatable bonds is 6. The summed E-state index contributed by atoms with van der Waals surface area (Å²) in [5.41, 5.74) is 0.977. The molecular weight excluding hydrogens is 278 g/mol. The normalized spacial score (nSPS) is 11.9. The van der Waals surface area contributed by atoms with Crippen LogP contribution in [0.2, 0.25) is 5.02 Å². The summed E-state index contributed by atoms with van der Waals surface area (Å²) in [6.07, 6.45) is 3.44. The molecule has 0 fully saturated rings. The average Bonchev–Trinajstić information content (AvgIpc) is 2.94. The summed E-state index contributed by atoms with van der Waals surface area (Å²) in [5, 5.41) is 3.30. The second-order valence-corrected chi connectivity index (χ2v) is 4.72. The Morgan fingerprint density at radius 1 is 1.50 bits per heavy atom. The maximum absolute atomic E-state index is 11.9. The summed E-state index contributed by atoms with van der Waals surface area (Å²) in [4.78, 5) is 18.8. The first-order valence-electron chi connectivity index (χ1n) is 6.33. The fourth-order valence-electron chi connectivity index (χ4n) is 1.67. The smallest absolute Gasteiger partial charge is 0.260 e. The fraction of sp³-hybridized carbons (Fsp3) is 0.286. The molecule has 2 N–H and O–H groups in total. The van der Waals surface area contributed by atoms with Gasteiger partial charge in [-0.15, -0.1) is 0 Å². The molecule has 1 amide bonds. The van der Waals surface area contributed by atoms with Crippen molar-refractivity contribution in [3.63, 3.8) is 0 Å². The molecule has 0 radical (unpaired) electrons. The molecule has 1 unspecified atom stereocenters. The molecule has 0 saturated heterocycles. The van der Waals surface area contributed by atoms with Gasteiger partial charge in [0.2, 0.25) is 0 Å². The van der Waals surface area contributed by atoms with E-state index in [0.717, 1.165) is 5.69 Å². The third-order valence-corrected chi connectivity index (χ3v) is 3.07. The second kappa shape index (κ2) is 6.96. The number of amides is 1. The number of nitrogens with one attached hydrogen (secondary N) is 2. The van der Waals surface area contributed by atoms with E-state index in [0.29, 0.717) is 23.7 Å². The van der Waals surface area contributed by atoms with Crippen molar-refractivity contribution in [2.24, 2.45) is 0 Å². The third-order valence-electron chi connectivity index (χ3n) is 2.76. The molecule has 5 nitrogen and oxygen atoms in total. The van der Waals surface area contributed by atoms with Gasteiger partial charge in [-0.05, 0) is 19.1 Å². The molecule has 1 atom stereocenters. The number of imidazole rings is 1. The largest absolute Gasteiger partial charge is 0.479 e. The molecule has 106 valence electrons. The number of H-pyrrole nitrogens is 1. The van der Waals surface area contributed by atoms with Crippen LogP contribution in [0.4, 0.5) is 0 Å². The molecule has 6 heteroatoms. The van der Waals surface area contributed by atoms with E-state index in [4.69, 9.17) is 16.3 Å². The van der Waals surface area contributed by atoms with E-state index in [1.807, 2.05) is 12.1 Å². The van der Waals surface area contributed by atoms with Gasteiger partial charge in [0.25, 0.3) is 5.91 Å². The van der Waals surface area contributed by atoms with Crippen molar-refractivity contribution < 1.29 is 9.53 Å². The Labute approximate surface area is 122 Å². The van der Waals surface area contributed by atoms with Crippen LogP contribution in [0.25, 0.3) is 0 Å². The highest BCUT2D eigenvalue weighted by atomic mass is 35.5. The summed E-state index contributed by atoms with van der Waals surface area (Å²) < 4.78 is 5.53. The lowest BCUT2D eigenvalue weighted by Crippen LogP contribution is -2.37. The van der Waals surface area contributed by atoms with Crippen molar-refractivity contribution in [1.29, 1.82) is 0 Å². The number of carbonyl (C=O) groups excluding carboxylic acids is 1. The number of aromatic nitrogens is 2. The first kappa shape index (κ1) is 14.4. The first-order valence-corrected chi connectivity index (χ1v) is 6.71. The molecule has 2 rings (SSSR count). The lowest BCUT2D eigenvalue weighted by atomic mass is 10.3. The minimum absolute atomic E-state index is 0.176. The molecule has 0 aliphatic rings. The zero-order valence-corrected chi connectivity index (χ0v) is 11.9. The topological polar surface area (TPSA) is 67.0 Å². The van der Waals surface area contributed by atoms with Crippen LogP contribution in [0.3, 0.4) is 0 Å². The Kier molecular flexibility index (Phi) is 5.01. The van der Waals surface area contributed by atoms with E-state index >= 15 is 0 Å². The van der Waals surface area contributed by atoms with E-state index in [-0.39, 0.29) is 5.91 Å². The van der Waals surface area contributed by atoms with E-state index in [9.17, 15) is 4.79 Å². The van der Waals surface area contributed by atoms with Gasteiger partial charge < -0.3 is 15.0 Å². The van der Waals surface area contributed by atoms with Gasteiger partial charge in [0.05, 0.1) is 11.3 Å². The highest BCUT2D eigenvalue weighted by Gasteiger charge is 2.15. The van der Waals surface area contributed by atoms with Gasteiger partial charge in [-0.1, -0.05) is 23.7 Å². The van der Waals surface area contributed by atoms with Gasteiger partial charge in [-0.3, -0.25) is 4.79 Å². The number of carbonyl (C=O) groups is 1. The number of hydrogen-bond donors (Lipinski definition) is 2. The summed E-state index contributed by atoms with van der Waals surface area (Å²) in [6.45, 7) is 2.21. The first-order chi connectivity index (χ1) is 9.66. The molecule has 0 spiro atoms. The summed E-state index contributed by atoms with van der Waals surface area (Å²) in [5.74, 6) is 0.329. The van der Waals surface area contributed by atoms with Crippen molar-refractivity contribution in [2.75, 3.05) is 6.54 Å². The third kappa shape index (κ3) is 3.99. The van der Waals surface area contributed by atoms with Crippen molar-refractivity contribution in [3.8, 4) is 5.75 Å². The number of ether oxygens (including phenoxy) is 1. The standard InChI is InChI=1S/C14H16ClN3O2/c1-10(20-13-5-3-2-4-12(13)15)14(19)17-7-6-11-8-16-9-18-11/h2-5,8-10H,6-7H2,1H3,(H,16,18)(H,17,19). The molecule has 20 heavy (non-hydrogen) atoms. The van der Waals surface area contributed by atoms with Crippen LogP contribution in [0.15, 0.2) is 36.8 Å². The quantitative estimate of drug-likeness (QED) is 0.858. The molecule has 0 saturated carbocycles. The van der Waals surface area contributed by atoms with E-state index < -0.39 is 6.10 Å². The summed E-state index contributed by atoms with van der Waals surface area (Å²) >= 11 is 5.98. The van der Waals surface area contributed by atoms with E-state index in [1.165, 1.54) is 0 Å². The zero-order chi connectivity index (χ0) is 14.4. The molecule has 1 heterocycles. The molecule has 0 aliphatic heterocycles. The summed E-state index contributed by atoms with van der Waals surface area (Å²) in [7, 11) is 0. The second-order valence-electron chi connectivity index (χ2n) is 4.31. The average molecular weight is 294 g/mol. The molecular formula is C14H16ClN3O2. The van der Waals surface area contributed by atoms with Crippen molar-refractivity contribution in [3.05, 3.63) is 47.5 Å². The van der Waals surface area contributed by atoms with Crippen molar-refractivity contribution in [1.82, 2.24) is 15.3 Å². The fourth-order valence-corrected chi connectivity index (χ4v) is 1.85. The Morgan fingerprint density at radius 2 is 2.30 bits per heavy atom. The highest BCUT2D eigenvalue weighted by Crippen LogP contribution is 2.24. The molecule has 0 bridgehead atoms. The minimum atomic E-state index is -0.600. The van der Waals surface area contributed by atoms with Crippen LogP contribution in [-0.2, 0) is 11.2 Å². The maximum atomic E-state index is 11.9. The van der Waals surface area contributed by atoms with Crippen LogP contribution in [0.5, 0.6) is 5.75 Å². The molecule has 2 aromatic rings. The van der Waals surface area contributed by atoms with Gasteiger partial charge in [-0.2, -0.15) is 0 Å². The number of hydrogen-bond acceptors (Lipinski definition) is 3. The van der Waals surface area contributed by atoms with Gasteiger partial charge in [0, 0.05) is 24.9 Å². The van der Waals surface area contributed by atoms with Crippen LogP contribution < -0.4 is 10.1 Å². The Morgan fingerprint density at radius 3 is 3.00 bits per heavy atom. The summed E-state index contributed by atoms with van der Waals surface area (Å²) in [6, 6.07) is 7.07. The lowest BCUT2D eigenvalue weighted by Gasteiger charge is -2.15. The minimum Gasteiger partial charge on any atom is -0.479 e. The highest BCUT2D eigenvalue weighted by molar-refractivity contribution is 6.32. The van der Waals surface area contributed by atoms with Crippen molar-refractivity contribution >= 4 is 17.5 Å². The van der Waals surface area contributed by atoms with Crippen LogP contribution in [0.1, 0.15) is 12.6 Å². The van der Waals surface area contributed by atoms with Crippen LogP contribution in [0, 0.1) is 0 Å². The van der Waals surface area contributed by atoms with E-state index in [1.54, 1.807) is 31.6 Å². The number of para-hydroxylation sites is 1. The Balaban J connectivity index is 1.79. The lowest BCUT2D eigenvalue weighted by molar-refractivity contribution is -0.127. The van der Waals surface area contributed by atoms with Crippen LogP contribution >= 0.6 is 11.6 Å². The predicted molar refractivity (Wildman–Crippen MR) is 76.8 cm³/mol.